The van der Waals surface area contributed by atoms with E-state index in [0.717, 1.165) is 0 Å². The summed E-state index contributed by atoms with van der Waals surface area (Å²) in [7, 11) is 0. The number of aromatic amines is 1. The molecule has 0 spiro atoms. The fraction of sp³-hybridized carbons (Fsp3) is 0.600. The third kappa shape index (κ3) is 9.39. The maximum atomic E-state index is 12.9. The zero-order valence-electron chi connectivity index (χ0n) is 19.0. The quantitative estimate of drug-likeness (QED) is 0.133. The van der Waals surface area contributed by atoms with Crippen molar-refractivity contribution in [2.45, 2.75) is 63.7 Å². The van der Waals surface area contributed by atoms with Gasteiger partial charge in [-0.15, -0.1) is 0 Å². The lowest BCUT2D eigenvalue weighted by atomic mass is 9.98. The van der Waals surface area contributed by atoms with Crippen molar-refractivity contribution < 1.29 is 34.2 Å². The van der Waals surface area contributed by atoms with Crippen LogP contribution >= 0.6 is 12.6 Å². The van der Waals surface area contributed by atoms with E-state index in [2.05, 4.69) is 38.5 Å². The van der Waals surface area contributed by atoms with Gasteiger partial charge in [0.05, 0.1) is 12.4 Å². The molecule has 0 aliphatic rings. The van der Waals surface area contributed by atoms with Crippen molar-refractivity contribution in [3.05, 3.63) is 18.2 Å². The third-order valence-corrected chi connectivity index (χ3v) is 5.58. The Bertz CT molecular complexity index is 850. The summed E-state index contributed by atoms with van der Waals surface area (Å²) in [4.78, 5) is 66.9. The molecule has 5 unspecified atom stereocenters. The Morgan fingerprint density at radius 2 is 1.71 bits per heavy atom. The van der Waals surface area contributed by atoms with Crippen LogP contribution < -0.4 is 21.7 Å². The molecule has 0 fully saturated rings. The fourth-order valence-electron chi connectivity index (χ4n) is 2.92. The van der Waals surface area contributed by atoms with Crippen molar-refractivity contribution in [3.63, 3.8) is 0 Å². The summed E-state index contributed by atoms with van der Waals surface area (Å²) in [5.74, 6) is -5.02. The fourth-order valence-corrected chi connectivity index (χ4v) is 3.17. The van der Waals surface area contributed by atoms with E-state index in [1.807, 2.05) is 0 Å². The van der Waals surface area contributed by atoms with Gasteiger partial charge in [-0.3, -0.25) is 19.2 Å². The molecule has 34 heavy (non-hydrogen) atoms. The van der Waals surface area contributed by atoms with E-state index in [4.69, 9.17) is 10.8 Å². The van der Waals surface area contributed by atoms with E-state index < -0.39 is 53.8 Å². The maximum absolute atomic E-state index is 12.9. The first kappa shape index (κ1) is 28.9. The van der Waals surface area contributed by atoms with Crippen molar-refractivity contribution in [1.29, 1.82) is 0 Å². The van der Waals surface area contributed by atoms with Crippen LogP contribution in [0.1, 0.15) is 38.8 Å². The molecule has 13 nitrogen and oxygen atoms in total. The highest BCUT2D eigenvalue weighted by Gasteiger charge is 2.32. The van der Waals surface area contributed by atoms with Crippen molar-refractivity contribution in [2.75, 3.05) is 5.75 Å². The zero-order valence-corrected chi connectivity index (χ0v) is 19.9. The number of amides is 3. The van der Waals surface area contributed by atoms with Crippen LogP contribution in [0.5, 0.6) is 0 Å². The number of aromatic nitrogens is 2. The van der Waals surface area contributed by atoms with Gasteiger partial charge in [-0.25, -0.2) is 9.78 Å². The minimum atomic E-state index is -1.20. The molecule has 1 rings (SSSR count). The third-order valence-electron chi connectivity index (χ3n) is 5.21. The first-order chi connectivity index (χ1) is 16.0. The molecule has 14 heteroatoms. The van der Waals surface area contributed by atoms with Gasteiger partial charge in [-0.1, -0.05) is 20.3 Å². The number of nitrogens with zero attached hydrogens (tertiary/aromatic N) is 1. The number of thiol groups is 1. The van der Waals surface area contributed by atoms with Crippen LogP contribution in [0.15, 0.2) is 12.5 Å². The molecule has 190 valence electrons. The molecular weight excluding hydrogens is 468 g/mol. The number of nitrogens with one attached hydrogen (secondary N) is 4. The Kier molecular flexibility index (Phi) is 12.1. The lowest BCUT2D eigenvalue weighted by molar-refractivity contribution is -0.144. The Labute approximate surface area is 202 Å². The first-order valence-corrected chi connectivity index (χ1v) is 11.3. The van der Waals surface area contributed by atoms with Gasteiger partial charge in [-0.05, 0) is 12.3 Å². The molecule has 8 N–H and O–H groups in total. The smallest absolute Gasteiger partial charge is 0.326 e. The van der Waals surface area contributed by atoms with Gasteiger partial charge >= 0.3 is 11.9 Å². The van der Waals surface area contributed by atoms with Gasteiger partial charge in [0.1, 0.15) is 18.1 Å². The summed E-state index contributed by atoms with van der Waals surface area (Å²) >= 11 is 4.06. The summed E-state index contributed by atoms with van der Waals surface area (Å²) in [5.41, 5.74) is 6.18. The molecule has 0 radical (unpaired) electrons. The predicted molar refractivity (Wildman–Crippen MR) is 124 cm³/mol. The SMILES string of the molecule is CCC(C)C(NC(=O)C(Cc1cnc[nH]1)NC(=O)C(CS)NC(=O)C(N)CCC(=O)O)C(=O)O. The average Bonchev–Trinajstić information content (AvgIpc) is 3.30. The highest BCUT2D eigenvalue weighted by atomic mass is 32.1. The molecule has 0 aliphatic heterocycles. The van der Waals surface area contributed by atoms with Gasteiger partial charge in [0.2, 0.25) is 17.7 Å². The number of carbonyl (C=O) groups is 5. The Hall–Kier alpha value is -3.13. The molecule has 3 amide bonds. The Balaban J connectivity index is 2.94. The lowest BCUT2D eigenvalue weighted by Gasteiger charge is -2.26. The topological polar surface area (TPSA) is 217 Å². The molecule has 0 aromatic carbocycles. The van der Waals surface area contributed by atoms with Crippen LogP contribution in [0.25, 0.3) is 0 Å². The second-order valence-corrected chi connectivity index (χ2v) is 8.20. The van der Waals surface area contributed by atoms with E-state index in [0.29, 0.717) is 12.1 Å². The number of rotatable bonds is 15. The Morgan fingerprint density at radius 1 is 1.09 bits per heavy atom. The van der Waals surface area contributed by atoms with Crippen molar-refractivity contribution >= 4 is 42.3 Å². The van der Waals surface area contributed by atoms with Gasteiger partial charge < -0.3 is 36.9 Å². The molecule has 0 saturated carbocycles. The molecular formula is C20H32N6O7S. The number of carboxylic acids is 2. The van der Waals surface area contributed by atoms with E-state index in [9.17, 15) is 29.1 Å². The number of hydrogen-bond acceptors (Lipinski definition) is 8. The summed E-state index contributed by atoms with van der Waals surface area (Å²) in [6.45, 7) is 3.47. The van der Waals surface area contributed by atoms with Crippen molar-refractivity contribution in [1.82, 2.24) is 25.9 Å². The average molecular weight is 501 g/mol. The van der Waals surface area contributed by atoms with Crippen LogP contribution in [0.2, 0.25) is 0 Å². The standard InChI is InChI=1S/C20H32N6O7S/c1-3-10(2)16(20(32)33)26-18(30)13(6-11-7-22-9-23-11)24-19(31)14(8-34)25-17(29)12(21)4-5-15(27)28/h7,9-10,12-14,16,34H,3-6,8,21H2,1-2H3,(H,22,23)(H,24,31)(H,25,29)(H,26,30)(H,27,28)(H,32,33). The largest absolute Gasteiger partial charge is 0.481 e. The number of H-pyrrole nitrogens is 1. The van der Waals surface area contributed by atoms with Crippen LogP contribution in [-0.2, 0) is 30.4 Å². The number of nitrogens with two attached hydrogens (primary N) is 1. The van der Waals surface area contributed by atoms with Gasteiger partial charge in [-0.2, -0.15) is 12.6 Å². The molecule has 0 saturated heterocycles. The molecule has 1 aromatic rings. The number of imidazole rings is 1. The van der Waals surface area contributed by atoms with Crippen LogP contribution in [0.3, 0.4) is 0 Å². The van der Waals surface area contributed by atoms with Crippen LogP contribution in [0.4, 0.5) is 0 Å². The summed E-state index contributed by atoms with van der Waals surface area (Å²) < 4.78 is 0. The number of aliphatic carboxylic acids is 2. The monoisotopic (exact) mass is 500 g/mol. The number of carboxylic acid groups (broad SMARTS) is 2. The second-order valence-electron chi connectivity index (χ2n) is 7.83. The highest BCUT2D eigenvalue weighted by Crippen LogP contribution is 2.09. The molecule has 5 atom stereocenters. The van der Waals surface area contributed by atoms with E-state index >= 15 is 0 Å². The second kappa shape index (κ2) is 14.2. The van der Waals surface area contributed by atoms with E-state index in [1.165, 1.54) is 12.5 Å². The van der Waals surface area contributed by atoms with E-state index in [-0.39, 0.29) is 30.9 Å². The minimum absolute atomic E-state index is 0.0181. The highest BCUT2D eigenvalue weighted by molar-refractivity contribution is 7.80. The van der Waals surface area contributed by atoms with Crippen molar-refractivity contribution in [2.24, 2.45) is 11.7 Å². The summed E-state index contributed by atoms with van der Waals surface area (Å²) in [6.07, 6.45) is 2.88. The minimum Gasteiger partial charge on any atom is -0.481 e. The summed E-state index contributed by atoms with van der Waals surface area (Å²) in [5, 5.41) is 25.6. The maximum Gasteiger partial charge on any atom is 0.326 e. The van der Waals surface area contributed by atoms with E-state index in [1.54, 1.807) is 13.8 Å². The molecule has 0 bridgehead atoms. The zero-order chi connectivity index (χ0) is 25.8. The predicted octanol–water partition coefficient (Wildman–Crippen LogP) is -1.34. The normalized spacial score (nSPS) is 15.3. The lowest BCUT2D eigenvalue weighted by Crippen LogP contribution is -2.58. The Morgan fingerprint density at radius 3 is 2.21 bits per heavy atom. The van der Waals surface area contributed by atoms with Crippen molar-refractivity contribution in [3.8, 4) is 0 Å². The van der Waals surface area contributed by atoms with Crippen LogP contribution in [-0.4, -0.2) is 79.8 Å². The number of carbonyl (C=O) groups excluding carboxylic acids is 3. The van der Waals surface area contributed by atoms with Gasteiger partial charge in [0.25, 0.3) is 0 Å². The first-order valence-electron chi connectivity index (χ1n) is 10.7. The van der Waals surface area contributed by atoms with Gasteiger partial charge in [0.15, 0.2) is 0 Å². The van der Waals surface area contributed by atoms with Crippen LogP contribution in [0, 0.1) is 5.92 Å². The van der Waals surface area contributed by atoms with Gasteiger partial charge in [0, 0.05) is 30.5 Å². The molecule has 1 heterocycles. The summed E-state index contributed by atoms with van der Waals surface area (Å²) in [6, 6.07) is -4.67. The number of hydrogen-bond donors (Lipinski definition) is 8. The molecule has 0 aliphatic carbocycles. The molecule has 1 aromatic heterocycles.